The molecule has 3 aromatic rings. The van der Waals surface area contributed by atoms with Crippen LogP contribution in [0.25, 0.3) is 16.2 Å². The molecule has 0 aliphatic carbocycles. The van der Waals surface area contributed by atoms with Crippen molar-refractivity contribution in [1.29, 1.82) is 5.26 Å². The lowest BCUT2D eigenvalue weighted by atomic mass is 9.96. The van der Waals surface area contributed by atoms with Gasteiger partial charge in [0.1, 0.15) is 11.6 Å². The molecule has 0 bridgehead atoms. The fraction of sp³-hybridized carbons (Fsp3) is 0.333. The number of hydrogen-bond donors (Lipinski definition) is 0. The molecule has 0 aliphatic rings. The first-order chi connectivity index (χ1) is 10.0. The highest BCUT2D eigenvalue weighted by Gasteiger charge is 2.22. The zero-order valence-electron chi connectivity index (χ0n) is 12.2. The van der Waals surface area contributed by atoms with Crippen LogP contribution in [-0.4, -0.2) is 18.9 Å². The first-order valence-corrected chi connectivity index (χ1v) is 7.46. The van der Waals surface area contributed by atoms with Crippen LogP contribution in [-0.2, 0) is 11.8 Å². The molecule has 0 amide bonds. The monoisotopic (exact) mass is 297 g/mol. The normalized spacial score (nSPS) is 11.7. The van der Waals surface area contributed by atoms with Gasteiger partial charge in [-0.25, -0.2) is 9.97 Å². The van der Waals surface area contributed by atoms with E-state index in [0.717, 1.165) is 22.0 Å². The summed E-state index contributed by atoms with van der Waals surface area (Å²) >= 11 is 1.34. The van der Waals surface area contributed by atoms with Crippen LogP contribution in [0.15, 0.2) is 24.3 Å². The maximum Gasteiger partial charge on any atom is 0.215 e. The van der Waals surface area contributed by atoms with Gasteiger partial charge in [-0.2, -0.15) is 9.64 Å². The molecule has 2 heterocycles. The number of benzene rings is 1. The van der Waals surface area contributed by atoms with Gasteiger partial charge in [0.25, 0.3) is 0 Å². The molecule has 0 N–H and O–H groups in total. The summed E-state index contributed by atoms with van der Waals surface area (Å²) in [6, 6.07) is 10.00. The second kappa shape index (κ2) is 4.93. The third kappa shape index (κ3) is 2.41. The molecule has 0 unspecified atom stereocenters. The van der Waals surface area contributed by atoms with Crippen LogP contribution in [0.1, 0.15) is 32.4 Å². The van der Waals surface area contributed by atoms with Gasteiger partial charge in [0.05, 0.1) is 23.5 Å². The molecule has 0 atom stereocenters. The number of para-hydroxylation sites is 2. The molecular weight excluding hydrogens is 282 g/mol. The van der Waals surface area contributed by atoms with Crippen molar-refractivity contribution in [1.82, 2.24) is 18.9 Å². The summed E-state index contributed by atoms with van der Waals surface area (Å²) in [6.07, 6.45) is 0.249. The van der Waals surface area contributed by atoms with E-state index in [0.29, 0.717) is 5.82 Å². The Balaban J connectivity index is 2.21. The van der Waals surface area contributed by atoms with E-state index in [-0.39, 0.29) is 11.8 Å². The highest BCUT2D eigenvalue weighted by Crippen LogP contribution is 2.26. The number of hydrogen-bond acceptors (Lipinski definition) is 5. The fourth-order valence-corrected chi connectivity index (χ4v) is 2.99. The van der Waals surface area contributed by atoms with Crippen molar-refractivity contribution in [3.63, 3.8) is 0 Å². The van der Waals surface area contributed by atoms with Crippen molar-refractivity contribution in [2.45, 2.75) is 32.6 Å². The molecule has 0 radical (unpaired) electrons. The second-order valence-electron chi connectivity index (χ2n) is 5.84. The number of rotatable bonds is 2. The van der Waals surface area contributed by atoms with Crippen LogP contribution in [0.5, 0.6) is 0 Å². The van der Waals surface area contributed by atoms with Crippen LogP contribution >= 0.6 is 11.5 Å². The van der Waals surface area contributed by atoms with Gasteiger partial charge < -0.3 is 0 Å². The number of fused-ring (bicyclic) bond motifs is 1. The Morgan fingerprint density at radius 3 is 2.67 bits per heavy atom. The Kier molecular flexibility index (Phi) is 3.22. The van der Waals surface area contributed by atoms with Crippen molar-refractivity contribution in [2.75, 3.05) is 0 Å². The summed E-state index contributed by atoms with van der Waals surface area (Å²) in [7, 11) is 0. The maximum absolute atomic E-state index is 9.01. The van der Waals surface area contributed by atoms with E-state index in [9.17, 15) is 0 Å². The van der Waals surface area contributed by atoms with Gasteiger partial charge in [0, 0.05) is 16.9 Å². The average Bonchev–Trinajstić information content (AvgIpc) is 3.01. The average molecular weight is 297 g/mol. The van der Waals surface area contributed by atoms with E-state index in [2.05, 4.69) is 41.2 Å². The minimum absolute atomic E-state index is 0.0967. The Hall–Kier alpha value is -2.26. The molecule has 0 spiro atoms. The highest BCUT2D eigenvalue weighted by atomic mass is 32.1. The molecule has 0 fully saturated rings. The van der Waals surface area contributed by atoms with Crippen molar-refractivity contribution in [3.8, 4) is 11.2 Å². The third-order valence-electron chi connectivity index (χ3n) is 3.14. The molecule has 0 saturated carbocycles. The van der Waals surface area contributed by atoms with Crippen LogP contribution in [0, 0.1) is 11.3 Å². The lowest BCUT2D eigenvalue weighted by Crippen LogP contribution is -2.13. The quantitative estimate of drug-likeness (QED) is 0.728. The molecule has 21 heavy (non-hydrogen) atoms. The molecular formula is C15H15N5S. The van der Waals surface area contributed by atoms with Crippen LogP contribution < -0.4 is 0 Å². The van der Waals surface area contributed by atoms with Gasteiger partial charge in [-0.15, -0.1) is 0 Å². The summed E-state index contributed by atoms with van der Waals surface area (Å²) in [5.74, 6) is 1.51. The minimum atomic E-state index is -0.0967. The summed E-state index contributed by atoms with van der Waals surface area (Å²) in [4.78, 5) is 9.17. The van der Waals surface area contributed by atoms with Crippen molar-refractivity contribution in [2.24, 2.45) is 0 Å². The van der Waals surface area contributed by atoms with Gasteiger partial charge in [-0.1, -0.05) is 32.9 Å². The number of nitriles is 1. The SMILES string of the molecule is CC(C)(C)c1nsc(-n2c(CC#N)nc3ccccc32)n1. The summed E-state index contributed by atoms with van der Waals surface area (Å²) < 4.78 is 6.39. The molecule has 0 aliphatic heterocycles. The van der Waals surface area contributed by atoms with Crippen molar-refractivity contribution in [3.05, 3.63) is 35.9 Å². The third-order valence-corrected chi connectivity index (χ3v) is 3.85. The van der Waals surface area contributed by atoms with Gasteiger partial charge in [0.2, 0.25) is 5.13 Å². The van der Waals surface area contributed by atoms with E-state index in [1.165, 1.54) is 11.5 Å². The molecule has 106 valence electrons. The van der Waals surface area contributed by atoms with E-state index < -0.39 is 0 Å². The second-order valence-corrected chi connectivity index (χ2v) is 6.57. The highest BCUT2D eigenvalue weighted by molar-refractivity contribution is 7.08. The standard InChI is InChI=1S/C15H15N5S/c1-15(2,3)13-18-14(21-19-13)20-11-7-5-4-6-10(11)17-12(20)8-9-16/h4-7H,8H2,1-3H3. The predicted octanol–water partition coefficient (Wildman–Crippen LogP) is 3.24. The number of imidazole rings is 1. The van der Waals surface area contributed by atoms with Crippen LogP contribution in [0.2, 0.25) is 0 Å². The van der Waals surface area contributed by atoms with Crippen LogP contribution in [0.3, 0.4) is 0 Å². The largest absolute Gasteiger partial charge is 0.269 e. The summed E-state index contributed by atoms with van der Waals surface area (Å²) in [5, 5.41) is 9.78. The van der Waals surface area contributed by atoms with Gasteiger partial charge >= 0.3 is 0 Å². The van der Waals surface area contributed by atoms with E-state index in [1.807, 2.05) is 28.8 Å². The first kappa shape index (κ1) is 13.7. The van der Waals surface area contributed by atoms with Crippen LogP contribution in [0.4, 0.5) is 0 Å². The molecule has 1 aromatic carbocycles. The minimum Gasteiger partial charge on any atom is -0.269 e. The van der Waals surface area contributed by atoms with Crippen molar-refractivity contribution < 1.29 is 0 Å². The van der Waals surface area contributed by atoms with Gasteiger partial charge in [0.15, 0.2) is 0 Å². The smallest absolute Gasteiger partial charge is 0.215 e. The van der Waals surface area contributed by atoms with E-state index in [4.69, 9.17) is 5.26 Å². The lowest BCUT2D eigenvalue weighted by Gasteiger charge is -2.12. The zero-order valence-corrected chi connectivity index (χ0v) is 13.0. The Morgan fingerprint density at radius 1 is 1.24 bits per heavy atom. The van der Waals surface area contributed by atoms with E-state index >= 15 is 0 Å². The molecule has 0 saturated heterocycles. The maximum atomic E-state index is 9.01. The Morgan fingerprint density at radius 2 is 2.00 bits per heavy atom. The molecule has 2 aromatic heterocycles. The molecule has 5 nitrogen and oxygen atoms in total. The zero-order chi connectivity index (χ0) is 15.0. The Bertz CT molecular complexity index is 832. The van der Waals surface area contributed by atoms with Crippen molar-refractivity contribution >= 4 is 22.6 Å². The number of nitrogens with zero attached hydrogens (tertiary/aromatic N) is 5. The summed E-state index contributed by atoms with van der Waals surface area (Å²) in [5.41, 5.74) is 1.73. The topological polar surface area (TPSA) is 67.4 Å². The molecule has 3 rings (SSSR count). The fourth-order valence-electron chi connectivity index (χ4n) is 2.09. The van der Waals surface area contributed by atoms with Gasteiger partial charge in [-0.05, 0) is 12.1 Å². The number of aromatic nitrogens is 4. The molecule has 6 heteroatoms. The van der Waals surface area contributed by atoms with Gasteiger partial charge in [-0.3, -0.25) is 4.57 Å². The first-order valence-electron chi connectivity index (χ1n) is 6.68. The lowest BCUT2D eigenvalue weighted by molar-refractivity contribution is 0.553. The predicted molar refractivity (Wildman–Crippen MR) is 82.6 cm³/mol. The Labute approximate surface area is 127 Å². The summed E-state index contributed by atoms with van der Waals surface area (Å²) in [6.45, 7) is 6.25. The van der Waals surface area contributed by atoms with E-state index in [1.54, 1.807) is 0 Å².